The van der Waals surface area contributed by atoms with Gasteiger partial charge in [0.15, 0.2) is 0 Å². The molecule has 0 radical (unpaired) electrons. The molecule has 7 nitrogen and oxygen atoms in total. The first kappa shape index (κ1) is 23.8. The zero-order chi connectivity index (χ0) is 24.2. The summed E-state index contributed by atoms with van der Waals surface area (Å²) >= 11 is 12.6. The highest BCUT2D eigenvalue weighted by Gasteiger charge is 2.17. The lowest BCUT2D eigenvalue weighted by molar-refractivity contribution is 0.0336. The molecular weight excluding hydrogens is 485 g/mol. The number of H-pyrrole nitrogens is 1. The largest absolute Gasteiger partial charge is 0.486 e. The van der Waals surface area contributed by atoms with E-state index < -0.39 is 0 Å². The molecule has 1 saturated heterocycles. The van der Waals surface area contributed by atoms with Gasteiger partial charge in [-0.2, -0.15) is 5.10 Å². The van der Waals surface area contributed by atoms with Crippen molar-refractivity contribution in [1.29, 1.82) is 0 Å². The lowest BCUT2D eigenvalue weighted by Crippen LogP contribution is -2.35. The Labute approximate surface area is 213 Å². The van der Waals surface area contributed by atoms with Crippen LogP contribution in [0, 0.1) is 0 Å². The smallest absolute Gasteiger partial charge is 0.124 e. The topological polar surface area (TPSA) is 76.2 Å². The fourth-order valence-corrected chi connectivity index (χ4v) is 4.75. The SMILES string of the molecule is C[C@@H](Oc1ccc2[nH]nc(/C=C/c3ccc(CN4CCOCC4)nc3)c2c1)c1c(Cl)cncc1Cl. The number of benzene rings is 1. The predicted octanol–water partition coefficient (Wildman–Crippen LogP) is 5.80. The molecule has 4 aromatic rings. The number of aromatic amines is 1. The van der Waals surface area contributed by atoms with Crippen LogP contribution < -0.4 is 4.74 Å². The van der Waals surface area contributed by atoms with E-state index in [1.54, 1.807) is 12.4 Å². The molecule has 0 spiro atoms. The van der Waals surface area contributed by atoms with Crippen LogP contribution in [0.1, 0.15) is 35.5 Å². The van der Waals surface area contributed by atoms with Crippen molar-refractivity contribution < 1.29 is 9.47 Å². The third-order valence-electron chi connectivity index (χ3n) is 5.94. The number of nitrogens with one attached hydrogen (secondary N) is 1. The number of pyridine rings is 2. The molecule has 0 unspecified atom stereocenters. The molecular formula is C26H25Cl2N5O2. The quantitative estimate of drug-likeness (QED) is 0.339. The van der Waals surface area contributed by atoms with Gasteiger partial charge in [-0.25, -0.2) is 0 Å². The molecule has 0 amide bonds. The molecule has 180 valence electrons. The van der Waals surface area contributed by atoms with Crippen LogP contribution in [-0.2, 0) is 11.3 Å². The number of morpholine rings is 1. The Hall–Kier alpha value is -2.97. The van der Waals surface area contributed by atoms with Crippen LogP contribution in [0.5, 0.6) is 5.75 Å². The number of nitrogens with zero attached hydrogens (tertiary/aromatic N) is 4. The molecule has 35 heavy (non-hydrogen) atoms. The van der Waals surface area contributed by atoms with Crippen molar-refractivity contribution in [3.05, 3.63) is 81.5 Å². The number of halogens is 2. The van der Waals surface area contributed by atoms with Gasteiger partial charge < -0.3 is 9.47 Å². The van der Waals surface area contributed by atoms with Crippen LogP contribution in [0.25, 0.3) is 23.1 Å². The van der Waals surface area contributed by atoms with Gasteiger partial charge in [-0.05, 0) is 42.8 Å². The second kappa shape index (κ2) is 10.7. The summed E-state index contributed by atoms with van der Waals surface area (Å²) in [7, 11) is 0. The standard InChI is InChI=1S/C26H25Cl2N5O2/c1-17(26-22(27)14-29-15-23(26)28)35-20-5-7-25-21(12-20)24(31-32-25)6-3-18-2-4-19(30-13-18)16-33-8-10-34-11-9-33/h2-7,12-15,17H,8-11,16H2,1H3,(H,31,32)/b6-3+/t17-/m1/s1. The number of aromatic nitrogens is 4. The molecule has 1 atom stereocenters. The van der Waals surface area contributed by atoms with Crippen molar-refractivity contribution in [3.8, 4) is 5.75 Å². The maximum atomic E-state index is 6.29. The molecule has 0 aliphatic carbocycles. The summed E-state index contributed by atoms with van der Waals surface area (Å²) in [6.45, 7) is 6.22. The van der Waals surface area contributed by atoms with Gasteiger partial charge in [-0.3, -0.25) is 20.0 Å². The van der Waals surface area contributed by atoms with E-state index in [9.17, 15) is 0 Å². The second-order valence-corrected chi connectivity index (χ2v) is 9.21. The van der Waals surface area contributed by atoms with Gasteiger partial charge in [-0.1, -0.05) is 35.3 Å². The van der Waals surface area contributed by atoms with Crippen LogP contribution >= 0.6 is 23.2 Å². The minimum Gasteiger partial charge on any atom is -0.486 e. The molecule has 1 aliphatic rings. The van der Waals surface area contributed by atoms with E-state index in [1.165, 1.54) is 0 Å². The minimum atomic E-state index is -0.344. The third kappa shape index (κ3) is 5.65. The average molecular weight is 510 g/mol. The molecule has 1 fully saturated rings. The van der Waals surface area contributed by atoms with Crippen LogP contribution in [0.4, 0.5) is 0 Å². The van der Waals surface area contributed by atoms with Gasteiger partial charge in [0.25, 0.3) is 0 Å². The maximum Gasteiger partial charge on any atom is 0.124 e. The Morgan fingerprint density at radius 2 is 1.89 bits per heavy atom. The monoisotopic (exact) mass is 509 g/mol. The zero-order valence-corrected chi connectivity index (χ0v) is 20.8. The zero-order valence-electron chi connectivity index (χ0n) is 19.2. The van der Waals surface area contributed by atoms with Gasteiger partial charge >= 0.3 is 0 Å². The van der Waals surface area contributed by atoms with Crippen molar-refractivity contribution >= 4 is 46.3 Å². The first-order chi connectivity index (χ1) is 17.1. The average Bonchev–Trinajstić information content (AvgIpc) is 3.26. The number of ether oxygens (including phenoxy) is 2. The molecule has 5 rings (SSSR count). The van der Waals surface area contributed by atoms with E-state index >= 15 is 0 Å². The summed E-state index contributed by atoms with van der Waals surface area (Å²) in [5, 5.41) is 9.43. The summed E-state index contributed by atoms with van der Waals surface area (Å²) in [4.78, 5) is 11.0. The predicted molar refractivity (Wildman–Crippen MR) is 139 cm³/mol. The third-order valence-corrected chi connectivity index (χ3v) is 6.55. The summed E-state index contributed by atoms with van der Waals surface area (Å²) in [6, 6.07) is 9.94. The highest BCUT2D eigenvalue weighted by molar-refractivity contribution is 6.35. The van der Waals surface area contributed by atoms with E-state index in [4.69, 9.17) is 32.7 Å². The van der Waals surface area contributed by atoms with Gasteiger partial charge in [-0.15, -0.1) is 0 Å². The Morgan fingerprint density at radius 1 is 1.09 bits per heavy atom. The molecule has 1 N–H and O–H groups in total. The lowest BCUT2D eigenvalue weighted by Gasteiger charge is -2.26. The second-order valence-electron chi connectivity index (χ2n) is 8.40. The van der Waals surface area contributed by atoms with Crippen molar-refractivity contribution in [2.75, 3.05) is 26.3 Å². The fourth-order valence-electron chi connectivity index (χ4n) is 4.08. The fraction of sp³-hybridized carbons (Fsp3) is 0.269. The number of hydrogen-bond acceptors (Lipinski definition) is 6. The van der Waals surface area contributed by atoms with Crippen LogP contribution in [0.3, 0.4) is 0 Å². The first-order valence-corrected chi connectivity index (χ1v) is 12.2. The molecule has 1 aliphatic heterocycles. The Morgan fingerprint density at radius 3 is 2.63 bits per heavy atom. The molecule has 1 aromatic carbocycles. The molecule has 4 heterocycles. The highest BCUT2D eigenvalue weighted by atomic mass is 35.5. The van der Waals surface area contributed by atoms with E-state index in [1.807, 2.05) is 43.5 Å². The van der Waals surface area contributed by atoms with Crippen molar-refractivity contribution in [2.24, 2.45) is 0 Å². The first-order valence-electron chi connectivity index (χ1n) is 11.4. The van der Waals surface area contributed by atoms with E-state index in [2.05, 4.69) is 37.2 Å². The molecule has 0 bridgehead atoms. The normalized spacial score (nSPS) is 15.6. The van der Waals surface area contributed by atoms with E-state index in [0.717, 1.165) is 60.7 Å². The molecule has 3 aromatic heterocycles. The van der Waals surface area contributed by atoms with Gasteiger partial charge in [0.1, 0.15) is 11.9 Å². The van der Waals surface area contributed by atoms with E-state index in [-0.39, 0.29) is 6.10 Å². The maximum absolute atomic E-state index is 6.29. The number of rotatable bonds is 7. The van der Waals surface area contributed by atoms with Crippen LogP contribution in [0.15, 0.2) is 48.9 Å². The van der Waals surface area contributed by atoms with Gasteiger partial charge in [0.2, 0.25) is 0 Å². The van der Waals surface area contributed by atoms with Crippen molar-refractivity contribution in [1.82, 2.24) is 25.1 Å². The van der Waals surface area contributed by atoms with Crippen molar-refractivity contribution in [2.45, 2.75) is 19.6 Å². The summed E-state index contributed by atoms with van der Waals surface area (Å²) in [5.41, 5.74) is 4.51. The Kier molecular flexibility index (Phi) is 7.29. The van der Waals surface area contributed by atoms with Crippen LogP contribution in [0.2, 0.25) is 10.0 Å². The Bertz CT molecular complexity index is 1310. The Balaban J connectivity index is 1.29. The lowest BCUT2D eigenvalue weighted by atomic mass is 10.1. The summed E-state index contributed by atoms with van der Waals surface area (Å²) in [6.07, 6.45) is 8.65. The minimum absolute atomic E-state index is 0.344. The number of hydrogen-bond donors (Lipinski definition) is 1. The summed E-state index contributed by atoms with van der Waals surface area (Å²) < 4.78 is 11.6. The van der Waals surface area contributed by atoms with Gasteiger partial charge in [0, 0.05) is 49.2 Å². The highest BCUT2D eigenvalue weighted by Crippen LogP contribution is 2.33. The molecule has 0 saturated carbocycles. The number of fused-ring (bicyclic) bond motifs is 1. The molecule has 9 heteroatoms. The van der Waals surface area contributed by atoms with Crippen LogP contribution in [-0.4, -0.2) is 51.4 Å². The summed E-state index contributed by atoms with van der Waals surface area (Å²) in [5.74, 6) is 0.694. The van der Waals surface area contributed by atoms with E-state index in [0.29, 0.717) is 21.4 Å². The van der Waals surface area contributed by atoms with Crippen molar-refractivity contribution in [3.63, 3.8) is 0 Å². The van der Waals surface area contributed by atoms with Gasteiger partial charge in [0.05, 0.1) is 40.2 Å².